The van der Waals surface area contributed by atoms with Crippen molar-refractivity contribution in [2.45, 2.75) is 19.4 Å². The van der Waals surface area contributed by atoms with E-state index in [1.165, 1.54) is 11.1 Å². The summed E-state index contributed by atoms with van der Waals surface area (Å²) in [5, 5.41) is 2.92. The molecule has 1 aliphatic rings. The topological polar surface area (TPSA) is 50.8 Å². The van der Waals surface area contributed by atoms with Crippen LogP contribution in [0.3, 0.4) is 0 Å². The zero-order valence-corrected chi connectivity index (χ0v) is 15.9. The number of carbonyl (C=O) groups is 1. The van der Waals surface area contributed by atoms with Crippen molar-refractivity contribution in [1.82, 2.24) is 10.2 Å². The molecule has 1 N–H and O–H groups in total. The van der Waals surface area contributed by atoms with Crippen LogP contribution in [0.1, 0.15) is 23.7 Å². The first kappa shape index (κ1) is 19.4. The molecule has 1 amide bonds. The fourth-order valence-electron chi connectivity index (χ4n) is 3.14. The first-order valence-corrected chi connectivity index (χ1v) is 9.56. The summed E-state index contributed by atoms with van der Waals surface area (Å²) >= 11 is 0. The summed E-state index contributed by atoms with van der Waals surface area (Å²) in [5.74, 6) is 0.635. The predicted octanol–water partition coefficient (Wildman–Crippen LogP) is 2.95. The molecule has 5 nitrogen and oxygen atoms in total. The molecule has 1 unspecified atom stereocenters. The Hall–Kier alpha value is -2.37. The lowest BCUT2D eigenvalue weighted by molar-refractivity contribution is -0.123. The second kappa shape index (κ2) is 10.1. The molecule has 1 atom stereocenters. The normalized spacial score (nSPS) is 17.4. The SMILES string of the molecule is Cc1ccc(OCC(=O)NCCCN2CCOC(c3ccccc3)C2)cc1. The molecule has 0 aromatic heterocycles. The molecule has 2 aromatic carbocycles. The number of aryl methyl sites for hydroxylation is 1. The summed E-state index contributed by atoms with van der Waals surface area (Å²) in [5.41, 5.74) is 2.40. The maximum Gasteiger partial charge on any atom is 0.257 e. The average molecular weight is 368 g/mol. The highest BCUT2D eigenvalue weighted by Crippen LogP contribution is 2.21. The summed E-state index contributed by atoms with van der Waals surface area (Å²) in [6.45, 7) is 6.26. The fourth-order valence-corrected chi connectivity index (χ4v) is 3.14. The Morgan fingerprint density at radius 2 is 1.96 bits per heavy atom. The number of ether oxygens (including phenoxy) is 2. The number of amides is 1. The van der Waals surface area contributed by atoms with E-state index in [1.54, 1.807) is 0 Å². The summed E-state index contributed by atoms with van der Waals surface area (Å²) < 4.78 is 11.4. The molecule has 1 saturated heterocycles. The number of morpholine rings is 1. The first-order valence-electron chi connectivity index (χ1n) is 9.56. The Balaban J connectivity index is 1.31. The van der Waals surface area contributed by atoms with Crippen LogP contribution in [0.2, 0.25) is 0 Å². The Bertz CT molecular complexity index is 703. The molecule has 0 spiro atoms. The number of benzene rings is 2. The molecule has 0 aliphatic carbocycles. The molecule has 144 valence electrons. The zero-order valence-electron chi connectivity index (χ0n) is 15.9. The van der Waals surface area contributed by atoms with Crippen molar-refractivity contribution in [3.63, 3.8) is 0 Å². The molecule has 0 radical (unpaired) electrons. The molecule has 1 heterocycles. The lowest BCUT2D eigenvalue weighted by Gasteiger charge is -2.33. The van der Waals surface area contributed by atoms with Crippen LogP contribution in [0.4, 0.5) is 0 Å². The van der Waals surface area contributed by atoms with E-state index in [4.69, 9.17) is 9.47 Å². The van der Waals surface area contributed by atoms with Crippen molar-refractivity contribution in [3.05, 3.63) is 65.7 Å². The summed E-state index contributed by atoms with van der Waals surface area (Å²) in [6, 6.07) is 18.0. The Labute approximate surface area is 161 Å². The van der Waals surface area contributed by atoms with Crippen LogP contribution in [0.15, 0.2) is 54.6 Å². The van der Waals surface area contributed by atoms with Crippen LogP contribution < -0.4 is 10.1 Å². The second-order valence-corrected chi connectivity index (χ2v) is 6.88. The standard InChI is InChI=1S/C22H28N2O3/c1-18-8-10-20(11-9-18)27-17-22(25)23-12-5-13-24-14-15-26-21(16-24)19-6-3-2-4-7-19/h2-4,6-11,21H,5,12-17H2,1H3,(H,23,25). The lowest BCUT2D eigenvalue weighted by Crippen LogP contribution is -2.40. The smallest absolute Gasteiger partial charge is 0.257 e. The van der Waals surface area contributed by atoms with Gasteiger partial charge in [0.2, 0.25) is 0 Å². The number of nitrogens with one attached hydrogen (secondary N) is 1. The van der Waals surface area contributed by atoms with Gasteiger partial charge in [0.15, 0.2) is 6.61 Å². The predicted molar refractivity (Wildman–Crippen MR) is 106 cm³/mol. The molecule has 2 aromatic rings. The van der Waals surface area contributed by atoms with Gasteiger partial charge in [0.25, 0.3) is 5.91 Å². The van der Waals surface area contributed by atoms with Crippen LogP contribution in [-0.2, 0) is 9.53 Å². The first-order chi connectivity index (χ1) is 13.2. The van der Waals surface area contributed by atoms with Gasteiger partial charge in [-0.1, -0.05) is 48.0 Å². The van der Waals surface area contributed by atoms with Gasteiger partial charge in [-0.3, -0.25) is 9.69 Å². The molecule has 0 saturated carbocycles. The van der Waals surface area contributed by atoms with Crippen molar-refractivity contribution in [2.75, 3.05) is 39.4 Å². The minimum absolute atomic E-state index is 0.0523. The highest BCUT2D eigenvalue weighted by Gasteiger charge is 2.21. The molecule has 27 heavy (non-hydrogen) atoms. The molecular weight excluding hydrogens is 340 g/mol. The van der Waals surface area contributed by atoms with Gasteiger partial charge < -0.3 is 14.8 Å². The molecule has 1 aliphatic heterocycles. The monoisotopic (exact) mass is 368 g/mol. The van der Waals surface area contributed by atoms with Crippen molar-refractivity contribution in [1.29, 1.82) is 0 Å². The minimum atomic E-state index is -0.0836. The van der Waals surface area contributed by atoms with E-state index < -0.39 is 0 Å². The number of nitrogens with zero attached hydrogens (tertiary/aromatic N) is 1. The average Bonchev–Trinajstić information content (AvgIpc) is 2.72. The van der Waals surface area contributed by atoms with E-state index in [9.17, 15) is 4.79 Å². The van der Waals surface area contributed by atoms with Gasteiger partial charge in [0.1, 0.15) is 5.75 Å². The number of rotatable bonds is 8. The quantitative estimate of drug-likeness (QED) is 0.728. The van der Waals surface area contributed by atoms with Crippen LogP contribution in [0.5, 0.6) is 5.75 Å². The Morgan fingerprint density at radius 1 is 1.19 bits per heavy atom. The van der Waals surface area contributed by atoms with Gasteiger partial charge >= 0.3 is 0 Å². The molecule has 5 heteroatoms. The van der Waals surface area contributed by atoms with Gasteiger partial charge in [0, 0.05) is 26.2 Å². The summed E-state index contributed by atoms with van der Waals surface area (Å²) in [6.07, 6.45) is 1.05. The Morgan fingerprint density at radius 3 is 2.74 bits per heavy atom. The summed E-state index contributed by atoms with van der Waals surface area (Å²) in [4.78, 5) is 14.3. The highest BCUT2D eigenvalue weighted by atomic mass is 16.5. The van der Waals surface area contributed by atoms with E-state index in [0.717, 1.165) is 38.4 Å². The van der Waals surface area contributed by atoms with Crippen LogP contribution >= 0.6 is 0 Å². The maximum absolute atomic E-state index is 11.9. The van der Waals surface area contributed by atoms with E-state index in [-0.39, 0.29) is 18.6 Å². The van der Waals surface area contributed by atoms with Gasteiger partial charge in [0.05, 0.1) is 12.7 Å². The highest BCUT2D eigenvalue weighted by molar-refractivity contribution is 5.77. The van der Waals surface area contributed by atoms with Gasteiger partial charge in [-0.25, -0.2) is 0 Å². The van der Waals surface area contributed by atoms with Gasteiger partial charge in [-0.15, -0.1) is 0 Å². The third-order valence-electron chi connectivity index (χ3n) is 4.69. The second-order valence-electron chi connectivity index (χ2n) is 6.88. The molecular formula is C22H28N2O3. The maximum atomic E-state index is 11.9. The van der Waals surface area contributed by atoms with Crippen molar-refractivity contribution in [3.8, 4) is 5.75 Å². The number of hydrogen-bond acceptors (Lipinski definition) is 4. The number of hydrogen-bond donors (Lipinski definition) is 1. The largest absolute Gasteiger partial charge is 0.484 e. The molecule has 0 bridgehead atoms. The van der Waals surface area contributed by atoms with Crippen molar-refractivity contribution < 1.29 is 14.3 Å². The molecule has 1 fully saturated rings. The third-order valence-corrected chi connectivity index (χ3v) is 4.69. The van der Waals surface area contributed by atoms with E-state index in [0.29, 0.717) is 6.54 Å². The Kier molecular flexibility index (Phi) is 7.25. The lowest BCUT2D eigenvalue weighted by atomic mass is 10.1. The summed E-state index contributed by atoms with van der Waals surface area (Å²) in [7, 11) is 0. The molecule has 3 rings (SSSR count). The number of carbonyl (C=O) groups excluding carboxylic acids is 1. The van der Waals surface area contributed by atoms with Crippen LogP contribution in [-0.4, -0.2) is 50.2 Å². The van der Waals surface area contributed by atoms with Gasteiger partial charge in [-0.2, -0.15) is 0 Å². The van der Waals surface area contributed by atoms with E-state index in [1.807, 2.05) is 49.4 Å². The fraction of sp³-hybridized carbons (Fsp3) is 0.409. The zero-order chi connectivity index (χ0) is 18.9. The third kappa shape index (κ3) is 6.38. The minimum Gasteiger partial charge on any atom is -0.484 e. The van der Waals surface area contributed by atoms with Gasteiger partial charge in [-0.05, 0) is 31.0 Å². The van der Waals surface area contributed by atoms with E-state index in [2.05, 4.69) is 22.3 Å². The van der Waals surface area contributed by atoms with Crippen LogP contribution in [0.25, 0.3) is 0 Å². The van der Waals surface area contributed by atoms with Crippen LogP contribution in [0, 0.1) is 6.92 Å². The van der Waals surface area contributed by atoms with Crippen molar-refractivity contribution >= 4 is 5.91 Å². The van der Waals surface area contributed by atoms with E-state index >= 15 is 0 Å². The van der Waals surface area contributed by atoms with Crippen molar-refractivity contribution in [2.24, 2.45) is 0 Å².